The molecular formula is C14H11N3O. The average molecular weight is 237 g/mol. The second-order valence-corrected chi connectivity index (χ2v) is 3.95. The molecule has 0 aliphatic rings. The number of anilines is 2. The van der Waals surface area contributed by atoms with Crippen LogP contribution < -0.4 is 5.01 Å². The Balaban J connectivity index is 2.21. The molecule has 1 N–H and O–H groups in total. The summed E-state index contributed by atoms with van der Waals surface area (Å²) in [5, 5.41) is 6.54. The van der Waals surface area contributed by atoms with Gasteiger partial charge in [-0.1, -0.05) is 36.4 Å². The molecule has 4 nitrogen and oxygen atoms in total. The van der Waals surface area contributed by atoms with Crippen molar-refractivity contribution in [3.63, 3.8) is 0 Å². The van der Waals surface area contributed by atoms with Gasteiger partial charge in [-0.15, -0.1) is 4.91 Å². The Hall–Kier alpha value is -2.62. The van der Waals surface area contributed by atoms with Crippen LogP contribution >= 0.6 is 0 Å². The van der Waals surface area contributed by atoms with Crippen molar-refractivity contribution in [3.8, 4) is 0 Å². The summed E-state index contributed by atoms with van der Waals surface area (Å²) in [4.78, 5) is 14.1. The molecule has 0 amide bonds. The molecule has 88 valence electrons. The van der Waals surface area contributed by atoms with Gasteiger partial charge in [0.1, 0.15) is 5.82 Å². The smallest absolute Gasteiger partial charge is 0.135 e. The van der Waals surface area contributed by atoms with Crippen molar-refractivity contribution in [1.29, 1.82) is 0 Å². The lowest BCUT2D eigenvalue weighted by Gasteiger charge is -2.15. The topological polar surface area (TPSA) is 48.5 Å². The number of aromatic nitrogens is 1. The Bertz CT molecular complexity index is 671. The predicted molar refractivity (Wildman–Crippen MR) is 72.7 cm³/mol. The molecule has 2 aromatic carbocycles. The summed E-state index contributed by atoms with van der Waals surface area (Å²) in [6.45, 7) is 0. The van der Waals surface area contributed by atoms with Gasteiger partial charge < -0.3 is 4.98 Å². The fourth-order valence-corrected chi connectivity index (χ4v) is 2.06. The van der Waals surface area contributed by atoms with Gasteiger partial charge in [0, 0.05) is 11.6 Å². The first kappa shape index (κ1) is 10.5. The van der Waals surface area contributed by atoms with Gasteiger partial charge >= 0.3 is 0 Å². The van der Waals surface area contributed by atoms with Crippen LogP contribution in [0.5, 0.6) is 0 Å². The molecule has 0 aliphatic carbocycles. The number of hydrogen-bond donors (Lipinski definition) is 1. The summed E-state index contributed by atoms with van der Waals surface area (Å²) in [5.74, 6) is 0.654. The van der Waals surface area contributed by atoms with E-state index in [9.17, 15) is 4.91 Å². The molecule has 0 atom stereocenters. The first-order valence-electron chi connectivity index (χ1n) is 5.65. The molecule has 0 spiro atoms. The number of fused-ring (bicyclic) bond motifs is 1. The zero-order valence-corrected chi connectivity index (χ0v) is 9.58. The van der Waals surface area contributed by atoms with Gasteiger partial charge in [-0.05, 0) is 23.6 Å². The van der Waals surface area contributed by atoms with E-state index in [-0.39, 0.29) is 0 Å². The Morgan fingerprint density at radius 1 is 0.944 bits per heavy atom. The molecule has 0 fully saturated rings. The highest BCUT2D eigenvalue weighted by Crippen LogP contribution is 2.31. The molecule has 0 saturated heterocycles. The van der Waals surface area contributed by atoms with Crippen molar-refractivity contribution >= 4 is 22.3 Å². The van der Waals surface area contributed by atoms with Gasteiger partial charge in [0.15, 0.2) is 0 Å². The molecule has 3 rings (SSSR count). The Morgan fingerprint density at radius 3 is 2.56 bits per heavy atom. The summed E-state index contributed by atoms with van der Waals surface area (Å²) in [6.07, 6.45) is 1.76. The third-order valence-electron chi connectivity index (χ3n) is 2.89. The minimum atomic E-state index is 0.654. The first-order valence-corrected chi connectivity index (χ1v) is 5.65. The van der Waals surface area contributed by atoms with Crippen molar-refractivity contribution < 1.29 is 0 Å². The molecule has 1 heterocycles. The summed E-state index contributed by atoms with van der Waals surface area (Å²) in [6, 6.07) is 17.4. The third-order valence-corrected chi connectivity index (χ3v) is 2.89. The highest BCUT2D eigenvalue weighted by atomic mass is 16.3. The number of benzene rings is 2. The Labute approximate surface area is 104 Å². The van der Waals surface area contributed by atoms with E-state index < -0.39 is 0 Å². The van der Waals surface area contributed by atoms with Gasteiger partial charge in [0.2, 0.25) is 0 Å². The molecule has 0 unspecified atom stereocenters. The molecule has 18 heavy (non-hydrogen) atoms. The first-order chi connectivity index (χ1) is 8.90. The highest BCUT2D eigenvalue weighted by Gasteiger charge is 2.12. The van der Waals surface area contributed by atoms with Crippen molar-refractivity contribution in [2.75, 3.05) is 5.01 Å². The highest BCUT2D eigenvalue weighted by molar-refractivity contribution is 5.95. The number of H-pyrrole nitrogens is 1. The Kier molecular flexibility index (Phi) is 2.53. The zero-order chi connectivity index (χ0) is 12.4. The monoisotopic (exact) mass is 237 g/mol. The van der Waals surface area contributed by atoms with Crippen LogP contribution in [0, 0.1) is 4.91 Å². The van der Waals surface area contributed by atoms with Crippen LogP contribution in [-0.2, 0) is 0 Å². The fourth-order valence-electron chi connectivity index (χ4n) is 2.06. The second-order valence-electron chi connectivity index (χ2n) is 3.95. The van der Waals surface area contributed by atoms with Gasteiger partial charge in [-0.2, -0.15) is 5.01 Å². The van der Waals surface area contributed by atoms with E-state index in [1.807, 2.05) is 54.6 Å². The van der Waals surface area contributed by atoms with Crippen LogP contribution in [0.25, 0.3) is 10.8 Å². The minimum Gasteiger partial charge on any atom is -0.347 e. The summed E-state index contributed by atoms with van der Waals surface area (Å²) >= 11 is 0. The molecule has 0 bridgehead atoms. The summed E-state index contributed by atoms with van der Waals surface area (Å²) in [5.41, 5.74) is 0.769. The molecule has 0 radical (unpaired) electrons. The van der Waals surface area contributed by atoms with Crippen molar-refractivity contribution in [2.45, 2.75) is 0 Å². The number of nitroso groups, excluding NO2 is 1. The van der Waals surface area contributed by atoms with Crippen LogP contribution in [0.2, 0.25) is 0 Å². The van der Waals surface area contributed by atoms with E-state index in [2.05, 4.69) is 10.3 Å². The maximum atomic E-state index is 11.1. The van der Waals surface area contributed by atoms with Gasteiger partial charge in [0.05, 0.1) is 11.0 Å². The molecule has 4 heteroatoms. The van der Waals surface area contributed by atoms with E-state index in [4.69, 9.17) is 0 Å². The van der Waals surface area contributed by atoms with Gasteiger partial charge in [0.25, 0.3) is 0 Å². The largest absolute Gasteiger partial charge is 0.347 e. The molecule has 3 aromatic rings. The number of nitrogens with one attached hydrogen (secondary N) is 1. The van der Waals surface area contributed by atoms with Crippen LogP contribution in [0.4, 0.5) is 11.5 Å². The van der Waals surface area contributed by atoms with E-state index in [1.165, 1.54) is 5.01 Å². The van der Waals surface area contributed by atoms with Crippen LogP contribution in [-0.4, -0.2) is 4.98 Å². The van der Waals surface area contributed by atoms with Gasteiger partial charge in [-0.25, -0.2) is 0 Å². The van der Waals surface area contributed by atoms with Crippen LogP contribution in [0.3, 0.4) is 0 Å². The average Bonchev–Trinajstić information content (AvgIpc) is 2.94. The quantitative estimate of drug-likeness (QED) is 0.553. The number of hydrogen-bond acceptors (Lipinski definition) is 2. The van der Waals surface area contributed by atoms with Gasteiger partial charge in [-0.3, -0.25) is 0 Å². The second kappa shape index (κ2) is 4.33. The number of aromatic amines is 1. The maximum absolute atomic E-state index is 11.1. The summed E-state index contributed by atoms with van der Waals surface area (Å²) < 4.78 is 0. The van der Waals surface area contributed by atoms with E-state index >= 15 is 0 Å². The third kappa shape index (κ3) is 1.64. The summed E-state index contributed by atoms with van der Waals surface area (Å²) in [7, 11) is 0. The van der Waals surface area contributed by atoms with Crippen LogP contribution in [0.1, 0.15) is 0 Å². The van der Waals surface area contributed by atoms with Crippen molar-refractivity contribution in [1.82, 2.24) is 4.98 Å². The lowest BCUT2D eigenvalue weighted by molar-refractivity contribution is 1.04. The minimum absolute atomic E-state index is 0.654. The maximum Gasteiger partial charge on any atom is 0.135 e. The molecule has 0 aliphatic heterocycles. The number of nitrogens with zero attached hydrogens (tertiary/aromatic N) is 2. The lowest BCUT2D eigenvalue weighted by atomic mass is 10.1. The standard InChI is InChI=1S/C14H11N3O/c18-16-17(14-9-4-10-15-14)13-8-3-6-11-5-1-2-7-12(11)13/h1-10,15H. The SMILES string of the molecule is O=NN(c1ccc[nH]1)c1cccc2ccccc12. The van der Waals surface area contributed by atoms with Crippen LogP contribution in [0.15, 0.2) is 66.1 Å². The van der Waals surface area contributed by atoms with Crippen molar-refractivity contribution in [2.24, 2.45) is 5.29 Å². The predicted octanol–water partition coefficient (Wildman–Crippen LogP) is 3.99. The molecule has 1 aromatic heterocycles. The van der Waals surface area contributed by atoms with E-state index in [0.717, 1.165) is 16.5 Å². The normalized spacial score (nSPS) is 10.4. The Morgan fingerprint density at radius 2 is 1.78 bits per heavy atom. The van der Waals surface area contributed by atoms with Crippen molar-refractivity contribution in [3.05, 3.63) is 65.7 Å². The molecular weight excluding hydrogens is 226 g/mol. The fraction of sp³-hybridized carbons (Fsp3) is 0. The molecule has 0 saturated carbocycles. The van der Waals surface area contributed by atoms with E-state index in [1.54, 1.807) is 6.20 Å². The zero-order valence-electron chi connectivity index (χ0n) is 9.58. The number of rotatable bonds is 3. The lowest BCUT2D eigenvalue weighted by Crippen LogP contribution is -2.08. The van der Waals surface area contributed by atoms with E-state index in [0.29, 0.717) is 5.82 Å².